The molecular formula is C17H22N2OS. The Morgan fingerprint density at radius 1 is 1.29 bits per heavy atom. The zero-order chi connectivity index (χ0) is 14.5. The van der Waals surface area contributed by atoms with Gasteiger partial charge in [0.05, 0.1) is 5.69 Å². The molecule has 21 heavy (non-hydrogen) atoms. The summed E-state index contributed by atoms with van der Waals surface area (Å²) in [4.78, 5) is 6.22. The standard InChI is InChI=1S/C17H22N2OS/c1-2-10-18-11-15-17(13-8-9-13)19-16(21-15)12-20-14-6-4-3-5-7-14/h3-7,13,18H,2,8-12H2,1H3. The van der Waals surface area contributed by atoms with Gasteiger partial charge >= 0.3 is 0 Å². The van der Waals surface area contributed by atoms with Crippen LogP contribution in [-0.2, 0) is 13.2 Å². The van der Waals surface area contributed by atoms with Crippen molar-refractivity contribution < 1.29 is 4.74 Å². The fourth-order valence-corrected chi connectivity index (χ4v) is 3.36. The minimum atomic E-state index is 0.572. The van der Waals surface area contributed by atoms with E-state index >= 15 is 0 Å². The number of thiazole rings is 1. The molecule has 1 aromatic carbocycles. The first kappa shape index (κ1) is 14.5. The van der Waals surface area contributed by atoms with E-state index in [-0.39, 0.29) is 0 Å². The van der Waals surface area contributed by atoms with Crippen molar-refractivity contribution in [2.24, 2.45) is 0 Å². The molecule has 0 atom stereocenters. The maximum Gasteiger partial charge on any atom is 0.140 e. The van der Waals surface area contributed by atoms with Crippen LogP contribution in [0.2, 0.25) is 0 Å². The molecule has 1 aromatic heterocycles. The largest absolute Gasteiger partial charge is 0.486 e. The second kappa shape index (κ2) is 7.05. The molecule has 0 saturated heterocycles. The first-order chi connectivity index (χ1) is 10.4. The fraction of sp³-hybridized carbons (Fsp3) is 0.471. The molecule has 0 aliphatic heterocycles. The van der Waals surface area contributed by atoms with Gasteiger partial charge in [0, 0.05) is 17.3 Å². The minimum absolute atomic E-state index is 0.572. The second-order valence-corrected chi connectivity index (χ2v) is 6.64. The third kappa shape index (κ3) is 4.05. The lowest BCUT2D eigenvalue weighted by Crippen LogP contribution is -2.13. The van der Waals surface area contributed by atoms with Crippen molar-refractivity contribution in [2.75, 3.05) is 6.54 Å². The molecule has 3 rings (SSSR count). The van der Waals surface area contributed by atoms with E-state index < -0.39 is 0 Å². The molecule has 4 heteroatoms. The quantitative estimate of drug-likeness (QED) is 0.745. The highest BCUT2D eigenvalue weighted by molar-refractivity contribution is 7.11. The van der Waals surface area contributed by atoms with Gasteiger partial charge in [-0.1, -0.05) is 25.1 Å². The van der Waals surface area contributed by atoms with Crippen molar-refractivity contribution in [2.45, 2.75) is 45.3 Å². The van der Waals surface area contributed by atoms with Crippen molar-refractivity contribution in [1.82, 2.24) is 10.3 Å². The van der Waals surface area contributed by atoms with Gasteiger partial charge in [-0.3, -0.25) is 0 Å². The van der Waals surface area contributed by atoms with Crippen LogP contribution >= 0.6 is 11.3 Å². The highest BCUT2D eigenvalue weighted by atomic mass is 32.1. The minimum Gasteiger partial charge on any atom is -0.486 e. The topological polar surface area (TPSA) is 34.1 Å². The monoisotopic (exact) mass is 302 g/mol. The zero-order valence-electron chi connectivity index (χ0n) is 12.5. The molecular weight excluding hydrogens is 280 g/mol. The van der Waals surface area contributed by atoms with Crippen LogP contribution in [0.5, 0.6) is 5.75 Å². The molecule has 1 fully saturated rings. The smallest absolute Gasteiger partial charge is 0.140 e. The summed E-state index contributed by atoms with van der Waals surface area (Å²) in [5.74, 6) is 1.61. The number of ether oxygens (including phenoxy) is 1. The molecule has 3 nitrogen and oxygen atoms in total. The Bertz CT molecular complexity index is 563. The van der Waals surface area contributed by atoms with Crippen molar-refractivity contribution in [3.8, 4) is 5.75 Å². The number of nitrogens with zero attached hydrogens (tertiary/aromatic N) is 1. The van der Waals surface area contributed by atoms with Gasteiger partial charge in [0.25, 0.3) is 0 Å². The van der Waals surface area contributed by atoms with Gasteiger partial charge in [0.15, 0.2) is 0 Å². The molecule has 1 aliphatic rings. The van der Waals surface area contributed by atoms with Gasteiger partial charge in [0.1, 0.15) is 17.4 Å². The van der Waals surface area contributed by atoms with Crippen LogP contribution in [-0.4, -0.2) is 11.5 Å². The molecule has 0 radical (unpaired) electrons. The van der Waals surface area contributed by atoms with Gasteiger partial charge in [-0.25, -0.2) is 4.98 Å². The summed E-state index contributed by atoms with van der Waals surface area (Å²) in [7, 11) is 0. The highest BCUT2D eigenvalue weighted by Gasteiger charge is 2.29. The molecule has 1 N–H and O–H groups in total. The maximum atomic E-state index is 5.81. The lowest BCUT2D eigenvalue weighted by Gasteiger charge is -2.02. The van der Waals surface area contributed by atoms with Crippen molar-refractivity contribution in [3.05, 3.63) is 45.9 Å². The number of hydrogen-bond acceptors (Lipinski definition) is 4. The number of benzene rings is 1. The van der Waals surface area contributed by atoms with Gasteiger partial charge < -0.3 is 10.1 Å². The number of nitrogens with one attached hydrogen (secondary N) is 1. The summed E-state index contributed by atoms with van der Waals surface area (Å²) in [6, 6.07) is 9.96. The van der Waals surface area contributed by atoms with Crippen LogP contribution in [0.25, 0.3) is 0 Å². The molecule has 1 heterocycles. The summed E-state index contributed by atoms with van der Waals surface area (Å²) >= 11 is 1.80. The molecule has 112 valence electrons. The Kier molecular flexibility index (Phi) is 4.88. The number of para-hydroxylation sites is 1. The summed E-state index contributed by atoms with van der Waals surface area (Å²) in [5, 5.41) is 4.58. The average Bonchev–Trinajstić information content (AvgIpc) is 3.28. The molecule has 0 unspecified atom stereocenters. The Morgan fingerprint density at radius 3 is 2.81 bits per heavy atom. The number of rotatable bonds is 8. The molecule has 0 spiro atoms. The average molecular weight is 302 g/mol. The van der Waals surface area contributed by atoms with Gasteiger partial charge in [0.2, 0.25) is 0 Å². The molecule has 0 bridgehead atoms. The Morgan fingerprint density at radius 2 is 2.10 bits per heavy atom. The van der Waals surface area contributed by atoms with E-state index in [1.54, 1.807) is 11.3 Å². The van der Waals surface area contributed by atoms with Gasteiger partial charge in [-0.2, -0.15) is 0 Å². The Hall–Kier alpha value is -1.39. The molecule has 2 aromatic rings. The van der Waals surface area contributed by atoms with E-state index in [0.717, 1.165) is 23.8 Å². The third-order valence-electron chi connectivity index (χ3n) is 3.55. The van der Waals surface area contributed by atoms with Crippen LogP contribution in [0, 0.1) is 0 Å². The number of hydrogen-bond donors (Lipinski definition) is 1. The second-order valence-electron chi connectivity index (χ2n) is 5.47. The van der Waals surface area contributed by atoms with E-state index in [0.29, 0.717) is 12.5 Å². The van der Waals surface area contributed by atoms with Crippen molar-refractivity contribution in [1.29, 1.82) is 0 Å². The predicted octanol–water partition coefficient (Wildman–Crippen LogP) is 4.10. The van der Waals surface area contributed by atoms with Crippen LogP contribution in [0.3, 0.4) is 0 Å². The van der Waals surface area contributed by atoms with E-state index in [1.807, 2.05) is 30.3 Å². The van der Waals surface area contributed by atoms with Crippen LogP contribution in [0.1, 0.15) is 47.7 Å². The summed E-state index contributed by atoms with van der Waals surface area (Å²) in [6.45, 7) is 4.78. The lowest BCUT2D eigenvalue weighted by atomic mass is 10.2. The summed E-state index contributed by atoms with van der Waals surface area (Å²) < 4.78 is 5.81. The first-order valence-electron chi connectivity index (χ1n) is 7.74. The predicted molar refractivity (Wildman–Crippen MR) is 86.9 cm³/mol. The van der Waals surface area contributed by atoms with Gasteiger partial charge in [-0.05, 0) is 37.9 Å². The fourth-order valence-electron chi connectivity index (χ4n) is 2.32. The van der Waals surface area contributed by atoms with Crippen molar-refractivity contribution in [3.63, 3.8) is 0 Å². The Balaban J connectivity index is 1.63. The van der Waals surface area contributed by atoms with E-state index in [4.69, 9.17) is 9.72 Å². The van der Waals surface area contributed by atoms with Crippen molar-refractivity contribution >= 4 is 11.3 Å². The molecule has 0 amide bonds. The zero-order valence-corrected chi connectivity index (χ0v) is 13.3. The van der Waals surface area contributed by atoms with Crippen LogP contribution in [0.4, 0.5) is 0 Å². The Labute approximate surface area is 130 Å². The third-order valence-corrected chi connectivity index (χ3v) is 4.60. The van der Waals surface area contributed by atoms with Crippen LogP contribution in [0.15, 0.2) is 30.3 Å². The van der Waals surface area contributed by atoms with Gasteiger partial charge in [-0.15, -0.1) is 11.3 Å². The normalized spacial score (nSPS) is 14.3. The summed E-state index contributed by atoms with van der Waals surface area (Å²) in [6.07, 6.45) is 3.76. The maximum absolute atomic E-state index is 5.81. The van der Waals surface area contributed by atoms with E-state index in [1.165, 1.54) is 29.8 Å². The highest BCUT2D eigenvalue weighted by Crippen LogP contribution is 2.42. The molecule has 1 saturated carbocycles. The van der Waals surface area contributed by atoms with E-state index in [2.05, 4.69) is 12.2 Å². The van der Waals surface area contributed by atoms with E-state index in [9.17, 15) is 0 Å². The number of aromatic nitrogens is 1. The molecule has 1 aliphatic carbocycles. The SMILES string of the molecule is CCCNCc1sc(COc2ccccc2)nc1C1CC1. The first-order valence-corrected chi connectivity index (χ1v) is 8.55. The lowest BCUT2D eigenvalue weighted by molar-refractivity contribution is 0.305. The van der Waals surface area contributed by atoms with Crippen LogP contribution < -0.4 is 10.1 Å². The summed E-state index contributed by atoms with van der Waals surface area (Å²) in [5.41, 5.74) is 1.32.